The van der Waals surface area contributed by atoms with E-state index in [1.807, 2.05) is 0 Å². The minimum Gasteiger partial charge on any atom is -0.455 e. The van der Waals surface area contributed by atoms with Crippen LogP contribution >= 0.6 is 0 Å². The summed E-state index contributed by atoms with van der Waals surface area (Å²) in [5, 5.41) is 12.1. The minimum absolute atomic E-state index is 0.190. The summed E-state index contributed by atoms with van der Waals surface area (Å²) in [5.74, 6) is 0. The van der Waals surface area contributed by atoms with Crippen LogP contribution in [-0.2, 0) is 5.41 Å². The maximum atomic E-state index is 7.27. The van der Waals surface area contributed by atoms with Gasteiger partial charge in [-0.1, -0.05) is 172 Å². The van der Waals surface area contributed by atoms with Crippen molar-refractivity contribution in [2.45, 2.75) is 19.3 Å². The average molecular weight is 713 g/mol. The van der Waals surface area contributed by atoms with Crippen molar-refractivity contribution in [3.8, 4) is 44.5 Å². The Morgan fingerprint density at radius 2 is 0.929 bits per heavy atom. The molecule has 262 valence electrons. The fourth-order valence-electron chi connectivity index (χ4n) is 9.98. The van der Waals surface area contributed by atoms with Crippen molar-refractivity contribution in [2.75, 3.05) is 0 Å². The molecule has 10 aromatic carbocycles. The van der Waals surface area contributed by atoms with E-state index in [0.29, 0.717) is 0 Å². The highest BCUT2D eigenvalue weighted by molar-refractivity contribution is 6.28. The standard InChI is InChI=1S/C55H36O/c1-55(2)47-25-12-11-24-44(47)51-48(55)32-46(54-52(51)45-29-28-34-15-5-6-19-39(34)53(45)56-54)50-42-22-9-7-20-40(42)49(41-21-8-10-23-43(41)50)38-18-13-17-36(31-38)37-27-26-33-14-3-4-16-35(33)30-37/h3-32H,1-2H3. The second kappa shape index (κ2) is 11.5. The highest BCUT2D eigenvalue weighted by Gasteiger charge is 2.39. The molecular formula is C55H36O. The van der Waals surface area contributed by atoms with Crippen LogP contribution in [0.2, 0.25) is 0 Å². The van der Waals surface area contributed by atoms with E-state index in [0.717, 1.165) is 22.1 Å². The quantitative estimate of drug-likeness (QED) is 0.166. The van der Waals surface area contributed by atoms with Gasteiger partial charge in [0.1, 0.15) is 11.2 Å². The zero-order chi connectivity index (χ0) is 37.1. The molecule has 0 radical (unpaired) electrons. The summed E-state index contributed by atoms with van der Waals surface area (Å²) in [6.45, 7) is 4.76. The van der Waals surface area contributed by atoms with Gasteiger partial charge in [-0.3, -0.25) is 0 Å². The van der Waals surface area contributed by atoms with E-state index >= 15 is 0 Å². The van der Waals surface area contributed by atoms with E-state index < -0.39 is 0 Å². The van der Waals surface area contributed by atoms with Crippen molar-refractivity contribution in [3.05, 3.63) is 193 Å². The molecule has 0 spiro atoms. The molecular weight excluding hydrogens is 677 g/mol. The normalized spacial score (nSPS) is 13.3. The minimum atomic E-state index is -0.190. The van der Waals surface area contributed by atoms with Crippen LogP contribution in [0.5, 0.6) is 0 Å². The Hall–Kier alpha value is -6.96. The summed E-state index contributed by atoms with van der Waals surface area (Å²) in [6, 6.07) is 67.0. The van der Waals surface area contributed by atoms with E-state index in [4.69, 9.17) is 4.42 Å². The van der Waals surface area contributed by atoms with Crippen molar-refractivity contribution >= 4 is 65.0 Å². The lowest BCUT2D eigenvalue weighted by molar-refractivity contribution is 0.658. The van der Waals surface area contributed by atoms with E-state index in [-0.39, 0.29) is 5.41 Å². The highest BCUT2D eigenvalue weighted by atomic mass is 16.3. The van der Waals surface area contributed by atoms with Gasteiger partial charge in [-0.25, -0.2) is 0 Å². The average Bonchev–Trinajstić information content (AvgIpc) is 3.75. The molecule has 1 aliphatic carbocycles. The number of hydrogen-bond acceptors (Lipinski definition) is 1. The van der Waals surface area contributed by atoms with Gasteiger partial charge >= 0.3 is 0 Å². The third-order valence-electron chi connectivity index (χ3n) is 12.6. The maximum Gasteiger partial charge on any atom is 0.143 e. The number of benzene rings is 10. The second-order valence-electron chi connectivity index (χ2n) is 16.0. The third kappa shape index (κ3) is 4.31. The van der Waals surface area contributed by atoms with Crippen LogP contribution in [0, 0.1) is 0 Å². The van der Waals surface area contributed by atoms with Gasteiger partial charge in [0.05, 0.1) is 0 Å². The van der Waals surface area contributed by atoms with Crippen LogP contribution in [0.25, 0.3) is 110 Å². The van der Waals surface area contributed by atoms with Crippen LogP contribution in [0.15, 0.2) is 186 Å². The number of furan rings is 1. The predicted octanol–water partition coefficient (Wildman–Crippen LogP) is 15.5. The summed E-state index contributed by atoms with van der Waals surface area (Å²) in [7, 11) is 0. The van der Waals surface area contributed by atoms with E-state index in [2.05, 4.69) is 196 Å². The van der Waals surface area contributed by atoms with Gasteiger partial charge in [0.25, 0.3) is 0 Å². The van der Waals surface area contributed by atoms with Gasteiger partial charge in [-0.2, -0.15) is 0 Å². The Labute approximate surface area is 325 Å². The molecule has 1 nitrogen and oxygen atoms in total. The lowest BCUT2D eigenvalue weighted by Gasteiger charge is -2.23. The van der Waals surface area contributed by atoms with E-state index in [1.165, 1.54) is 98.5 Å². The molecule has 0 N–H and O–H groups in total. The molecule has 1 heterocycles. The van der Waals surface area contributed by atoms with Crippen LogP contribution < -0.4 is 0 Å². The van der Waals surface area contributed by atoms with Crippen LogP contribution in [0.3, 0.4) is 0 Å². The Balaban J connectivity index is 1.19. The van der Waals surface area contributed by atoms with Gasteiger partial charge in [0.15, 0.2) is 0 Å². The molecule has 0 saturated heterocycles. The lowest BCUT2D eigenvalue weighted by Crippen LogP contribution is -2.15. The number of fused-ring (bicyclic) bond motifs is 12. The molecule has 0 unspecified atom stereocenters. The fraction of sp³-hybridized carbons (Fsp3) is 0.0545. The Kier molecular flexibility index (Phi) is 6.46. The first-order valence-electron chi connectivity index (χ1n) is 19.6. The van der Waals surface area contributed by atoms with Crippen LogP contribution in [-0.4, -0.2) is 0 Å². The smallest absolute Gasteiger partial charge is 0.143 e. The van der Waals surface area contributed by atoms with Crippen molar-refractivity contribution in [3.63, 3.8) is 0 Å². The Morgan fingerprint density at radius 1 is 0.339 bits per heavy atom. The first kappa shape index (κ1) is 31.4. The monoisotopic (exact) mass is 712 g/mol. The number of rotatable bonds is 3. The summed E-state index contributed by atoms with van der Waals surface area (Å²) >= 11 is 0. The van der Waals surface area contributed by atoms with Crippen molar-refractivity contribution < 1.29 is 4.42 Å². The maximum absolute atomic E-state index is 7.27. The zero-order valence-electron chi connectivity index (χ0n) is 31.2. The molecule has 12 rings (SSSR count). The summed E-state index contributed by atoms with van der Waals surface area (Å²) in [4.78, 5) is 0. The third-order valence-corrected chi connectivity index (χ3v) is 12.6. The molecule has 0 atom stereocenters. The Bertz CT molecular complexity index is 3390. The molecule has 0 amide bonds. The van der Waals surface area contributed by atoms with E-state index in [1.54, 1.807) is 0 Å². The van der Waals surface area contributed by atoms with Gasteiger partial charge in [-0.05, 0) is 106 Å². The molecule has 0 saturated carbocycles. The molecule has 11 aromatic rings. The van der Waals surface area contributed by atoms with Gasteiger partial charge in [-0.15, -0.1) is 0 Å². The van der Waals surface area contributed by atoms with Crippen molar-refractivity contribution in [1.29, 1.82) is 0 Å². The topological polar surface area (TPSA) is 13.1 Å². The van der Waals surface area contributed by atoms with Gasteiger partial charge in [0.2, 0.25) is 0 Å². The van der Waals surface area contributed by atoms with Crippen molar-refractivity contribution in [1.82, 2.24) is 0 Å². The predicted molar refractivity (Wildman–Crippen MR) is 238 cm³/mol. The first-order chi connectivity index (χ1) is 27.5. The molecule has 0 fully saturated rings. The fourth-order valence-corrected chi connectivity index (χ4v) is 9.98. The van der Waals surface area contributed by atoms with Crippen molar-refractivity contribution in [2.24, 2.45) is 0 Å². The molecule has 0 bridgehead atoms. The van der Waals surface area contributed by atoms with E-state index in [9.17, 15) is 0 Å². The lowest BCUT2D eigenvalue weighted by atomic mass is 9.79. The molecule has 1 aliphatic rings. The summed E-state index contributed by atoms with van der Waals surface area (Å²) in [5.41, 5.74) is 14.3. The number of hydrogen-bond donors (Lipinski definition) is 0. The SMILES string of the molecule is CC1(C)c2ccccc2-c2c1cc(-c1c3ccccc3c(-c3cccc(-c4ccc5ccccc5c4)c3)c3ccccc13)c1oc3c4ccccc4ccc3c21. The molecule has 1 heteroatoms. The summed E-state index contributed by atoms with van der Waals surface area (Å²) in [6.07, 6.45) is 0. The Morgan fingerprint density at radius 3 is 1.70 bits per heavy atom. The first-order valence-corrected chi connectivity index (χ1v) is 19.6. The molecule has 1 aromatic heterocycles. The molecule has 56 heavy (non-hydrogen) atoms. The van der Waals surface area contributed by atoms with Crippen LogP contribution in [0.1, 0.15) is 25.0 Å². The largest absolute Gasteiger partial charge is 0.455 e. The zero-order valence-corrected chi connectivity index (χ0v) is 31.2. The summed E-state index contributed by atoms with van der Waals surface area (Å²) < 4.78 is 7.27. The molecule has 0 aliphatic heterocycles. The van der Waals surface area contributed by atoms with Gasteiger partial charge in [0, 0.05) is 32.7 Å². The highest BCUT2D eigenvalue weighted by Crippen LogP contribution is 2.57. The van der Waals surface area contributed by atoms with Crippen LogP contribution in [0.4, 0.5) is 0 Å². The van der Waals surface area contributed by atoms with Gasteiger partial charge < -0.3 is 4.42 Å². The second-order valence-corrected chi connectivity index (χ2v) is 16.0.